The number of fused-ring (bicyclic) bond motifs is 1. The molecular weight excluding hydrogens is 176 g/mol. The Morgan fingerprint density at radius 3 is 3.25 bits per heavy atom. The fourth-order valence-electron chi connectivity index (χ4n) is 1.78. The Balaban J connectivity index is 2.26. The molecule has 0 saturated carbocycles. The van der Waals surface area contributed by atoms with Crippen LogP contribution in [0.4, 0.5) is 0 Å². The second kappa shape index (κ2) is 2.49. The summed E-state index contributed by atoms with van der Waals surface area (Å²) in [5.41, 5.74) is 0. The van der Waals surface area contributed by atoms with E-state index in [2.05, 4.69) is 0 Å². The Morgan fingerprint density at radius 1 is 1.75 bits per heavy atom. The van der Waals surface area contributed by atoms with E-state index in [-0.39, 0.29) is 10.8 Å². The maximum absolute atomic E-state index is 10.9. The molecule has 2 atom stereocenters. The Kier molecular flexibility index (Phi) is 1.69. The van der Waals surface area contributed by atoms with Crippen LogP contribution < -0.4 is 0 Å². The van der Waals surface area contributed by atoms with Crippen LogP contribution in [0, 0.1) is 5.92 Å². The van der Waals surface area contributed by atoms with Crippen LogP contribution in [0.25, 0.3) is 0 Å². The van der Waals surface area contributed by atoms with Crippen molar-refractivity contribution in [3.63, 3.8) is 0 Å². The van der Waals surface area contributed by atoms with Crippen LogP contribution in [0.2, 0.25) is 0 Å². The molecule has 1 unspecified atom stereocenters. The van der Waals surface area contributed by atoms with Gasteiger partial charge < -0.3 is 4.74 Å². The van der Waals surface area contributed by atoms with Gasteiger partial charge in [-0.05, 0) is 25.8 Å². The number of alkyl halides is 1. The minimum Gasteiger partial charge on any atom is -0.431 e. The van der Waals surface area contributed by atoms with Gasteiger partial charge in [-0.1, -0.05) is 0 Å². The molecule has 1 aliphatic carbocycles. The quantitative estimate of drug-likeness (QED) is 0.428. The molecule has 3 heteroatoms. The van der Waals surface area contributed by atoms with E-state index in [4.69, 9.17) is 16.3 Å². The molecule has 12 heavy (non-hydrogen) atoms. The minimum atomic E-state index is -0.309. The molecule has 0 spiro atoms. The summed E-state index contributed by atoms with van der Waals surface area (Å²) in [4.78, 5) is 10.6. The van der Waals surface area contributed by atoms with E-state index < -0.39 is 0 Å². The number of rotatable bonds is 0. The van der Waals surface area contributed by atoms with Crippen LogP contribution in [-0.4, -0.2) is 10.8 Å². The molecule has 0 aromatic carbocycles. The highest BCUT2D eigenvalue weighted by Crippen LogP contribution is 2.40. The van der Waals surface area contributed by atoms with E-state index in [9.17, 15) is 4.79 Å². The van der Waals surface area contributed by atoms with Gasteiger partial charge in [0.1, 0.15) is 5.76 Å². The van der Waals surface area contributed by atoms with Gasteiger partial charge in [-0.3, -0.25) is 4.79 Å². The summed E-state index contributed by atoms with van der Waals surface area (Å²) >= 11 is 6.12. The molecule has 2 rings (SSSR count). The first kappa shape index (κ1) is 8.11. The molecule has 0 N–H and O–H groups in total. The zero-order valence-corrected chi connectivity index (χ0v) is 7.73. The number of hydrogen-bond donors (Lipinski definition) is 0. The average Bonchev–Trinajstić information content (AvgIpc) is 2.26. The highest BCUT2D eigenvalue weighted by molar-refractivity contribution is 6.25. The highest BCUT2D eigenvalue weighted by atomic mass is 35.5. The van der Waals surface area contributed by atoms with Crippen molar-refractivity contribution in [2.45, 2.75) is 31.1 Å². The maximum atomic E-state index is 10.9. The van der Waals surface area contributed by atoms with Gasteiger partial charge in [-0.15, -0.1) is 11.6 Å². The summed E-state index contributed by atoms with van der Waals surface area (Å²) in [6, 6.07) is 0. The molecule has 0 amide bonds. The Morgan fingerprint density at radius 2 is 2.50 bits per heavy atom. The largest absolute Gasteiger partial charge is 0.431 e. The van der Waals surface area contributed by atoms with Crippen molar-refractivity contribution in [2.24, 2.45) is 5.92 Å². The summed E-state index contributed by atoms with van der Waals surface area (Å²) < 4.78 is 5.04. The lowest BCUT2D eigenvalue weighted by molar-refractivity contribution is -0.135. The third-order valence-electron chi connectivity index (χ3n) is 2.47. The fourth-order valence-corrected chi connectivity index (χ4v) is 1.99. The van der Waals surface area contributed by atoms with Crippen molar-refractivity contribution in [3.8, 4) is 0 Å². The minimum absolute atomic E-state index is 0.111. The topological polar surface area (TPSA) is 26.3 Å². The number of esters is 1. The molecule has 2 aliphatic rings. The Labute approximate surface area is 76.5 Å². The van der Waals surface area contributed by atoms with Crippen LogP contribution >= 0.6 is 11.6 Å². The van der Waals surface area contributed by atoms with Gasteiger partial charge in [0.05, 0.1) is 11.3 Å². The van der Waals surface area contributed by atoms with Gasteiger partial charge in [-0.25, -0.2) is 0 Å². The Hall–Kier alpha value is -0.500. The van der Waals surface area contributed by atoms with E-state index in [1.165, 1.54) is 0 Å². The van der Waals surface area contributed by atoms with E-state index in [1.807, 2.05) is 13.0 Å². The lowest BCUT2D eigenvalue weighted by atomic mass is 9.87. The predicted octanol–water partition coefficient (Wildman–Crippen LogP) is 2.22. The number of ether oxygens (including phenoxy) is 1. The van der Waals surface area contributed by atoms with Crippen LogP contribution in [0.1, 0.15) is 26.2 Å². The van der Waals surface area contributed by atoms with Crippen molar-refractivity contribution in [3.05, 3.63) is 11.8 Å². The maximum Gasteiger partial charge on any atom is 0.311 e. The van der Waals surface area contributed by atoms with E-state index in [1.54, 1.807) is 0 Å². The van der Waals surface area contributed by atoms with Crippen LogP contribution in [0.3, 0.4) is 0 Å². The first-order valence-electron chi connectivity index (χ1n) is 4.19. The number of allylic oxidation sites excluding steroid dienone is 2. The van der Waals surface area contributed by atoms with Gasteiger partial charge in [-0.2, -0.15) is 0 Å². The lowest BCUT2D eigenvalue weighted by Gasteiger charge is -2.25. The van der Waals surface area contributed by atoms with Gasteiger partial charge in [0.15, 0.2) is 0 Å². The first-order chi connectivity index (χ1) is 5.57. The average molecular weight is 187 g/mol. The van der Waals surface area contributed by atoms with E-state index in [0.29, 0.717) is 12.3 Å². The summed E-state index contributed by atoms with van der Waals surface area (Å²) in [7, 11) is 0. The van der Waals surface area contributed by atoms with Crippen molar-refractivity contribution < 1.29 is 9.53 Å². The van der Waals surface area contributed by atoms with Crippen LogP contribution in [0.15, 0.2) is 11.8 Å². The molecule has 0 aromatic rings. The molecule has 1 fully saturated rings. The Bertz CT molecular complexity index is 255. The van der Waals surface area contributed by atoms with Crippen molar-refractivity contribution >= 4 is 17.6 Å². The molecule has 2 nitrogen and oxygen atoms in total. The molecule has 1 saturated heterocycles. The normalized spacial score (nSPS) is 40.3. The summed E-state index contributed by atoms with van der Waals surface area (Å²) in [5.74, 6) is 0.994. The SMILES string of the molecule is C[C@@]1(Cl)C=C2OC(=O)CC2CC1. The van der Waals surface area contributed by atoms with E-state index >= 15 is 0 Å². The van der Waals surface area contributed by atoms with Crippen molar-refractivity contribution in [1.82, 2.24) is 0 Å². The number of carbonyl (C=O) groups excluding carboxylic acids is 1. The zero-order chi connectivity index (χ0) is 8.77. The number of carbonyl (C=O) groups is 1. The highest BCUT2D eigenvalue weighted by Gasteiger charge is 2.37. The third kappa shape index (κ3) is 1.36. The predicted molar refractivity (Wildman–Crippen MR) is 45.8 cm³/mol. The molecule has 1 aliphatic heterocycles. The van der Waals surface area contributed by atoms with Gasteiger partial charge in [0.25, 0.3) is 0 Å². The molecule has 1 heterocycles. The fraction of sp³-hybridized carbons (Fsp3) is 0.667. The third-order valence-corrected chi connectivity index (χ3v) is 2.77. The van der Waals surface area contributed by atoms with Crippen molar-refractivity contribution in [1.29, 1.82) is 0 Å². The second-order valence-corrected chi connectivity index (χ2v) is 4.60. The van der Waals surface area contributed by atoms with Gasteiger partial charge in [0.2, 0.25) is 0 Å². The van der Waals surface area contributed by atoms with E-state index in [0.717, 1.165) is 18.6 Å². The van der Waals surface area contributed by atoms with Crippen LogP contribution in [0.5, 0.6) is 0 Å². The summed E-state index contributed by atoms with van der Waals surface area (Å²) in [6.07, 6.45) is 4.32. The standard InChI is InChI=1S/C9H11ClO2/c1-9(10)3-2-6-4-8(11)12-7(6)5-9/h5-6H,2-4H2,1H3/t6?,9-/m0/s1. The molecular formula is C9H11ClO2. The van der Waals surface area contributed by atoms with Gasteiger partial charge >= 0.3 is 5.97 Å². The number of halogens is 1. The summed E-state index contributed by atoms with van der Waals surface area (Å²) in [5, 5.41) is 0. The molecule has 0 aromatic heterocycles. The lowest BCUT2D eigenvalue weighted by Crippen LogP contribution is -2.21. The van der Waals surface area contributed by atoms with Crippen molar-refractivity contribution in [2.75, 3.05) is 0 Å². The zero-order valence-electron chi connectivity index (χ0n) is 6.97. The van der Waals surface area contributed by atoms with Gasteiger partial charge in [0, 0.05) is 5.92 Å². The molecule has 0 bridgehead atoms. The molecule has 0 radical (unpaired) electrons. The monoisotopic (exact) mass is 186 g/mol. The number of hydrogen-bond acceptors (Lipinski definition) is 2. The summed E-state index contributed by atoms with van der Waals surface area (Å²) in [6.45, 7) is 1.95. The second-order valence-electron chi connectivity index (χ2n) is 3.74. The smallest absolute Gasteiger partial charge is 0.311 e. The van der Waals surface area contributed by atoms with Crippen LogP contribution in [-0.2, 0) is 9.53 Å². The first-order valence-corrected chi connectivity index (χ1v) is 4.57. The molecule has 66 valence electrons.